The molecule has 64 valence electrons. The summed E-state index contributed by atoms with van der Waals surface area (Å²) in [7, 11) is 0. The van der Waals surface area contributed by atoms with E-state index in [0.717, 1.165) is 13.0 Å². The molecular weight excluding hydrogens is 142 g/mol. The van der Waals surface area contributed by atoms with Gasteiger partial charge in [0, 0.05) is 12.6 Å². The first-order valence-corrected chi connectivity index (χ1v) is 3.93. The molecule has 0 aromatic carbocycles. The third kappa shape index (κ3) is 1.45. The number of likely N-dealkylation sites (tertiary alicyclic amines) is 1. The number of carbonyl (C=O) groups excluding carboxylic acids is 1. The second-order valence-corrected chi connectivity index (χ2v) is 3.06. The maximum Gasteiger partial charge on any atom is 0.315 e. The molecule has 0 bridgehead atoms. The highest BCUT2D eigenvalue weighted by Crippen LogP contribution is 2.22. The number of hydrogen-bond acceptors (Lipinski definition) is 2. The van der Waals surface area contributed by atoms with E-state index >= 15 is 0 Å². The Balaban J connectivity index is 2.55. The molecule has 0 spiro atoms. The van der Waals surface area contributed by atoms with Gasteiger partial charge in [-0.15, -0.1) is 0 Å². The average molecular weight is 157 g/mol. The second kappa shape index (κ2) is 3.09. The molecule has 1 rings (SSSR count). The smallest absolute Gasteiger partial charge is 0.315 e. The molecule has 0 aromatic rings. The molecule has 0 radical (unpaired) electrons. The van der Waals surface area contributed by atoms with Crippen LogP contribution in [0.1, 0.15) is 13.3 Å². The fraction of sp³-hybridized carbons (Fsp3) is 0.857. The zero-order chi connectivity index (χ0) is 8.43. The predicted molar refractivity (Wildman–Crippen MR) is 42.9 cm³/mol. The predicted octanol–water partition coefficient (Wildman–Crippen LogP) is -0.266. The topological polar surface area (TPSA) is 72.3 Å². The molecule has 1 fully saturated rings. The molecule has 4 nitrogen and oxygen atoms in total. The molecule has 2 amide bonds. The van der Waals surface area contributed by atoms with Crippen LogP contribution < -0.4 is 11.5 Å². The van der Waals surface area contributed by atoms with Gasteiger partial charge >= 0.3 is 6.03 Å². The summed E-state index contributed by atoms with van der Waals surface area (Å²) in [6.45, 7) is 3.40. The summed E-state index contributed by atoms with van der Waals surface area (Å²) < 4.78 is 0. The summed E-state index contributed by atoms with van der Waals surface area (Å²) in [6, 6.07) is -0.106. The van der Waals surface area contributed by atoms with Crippen molar-refractivity contribution >= 4 is 6.03 Å². The van der Waals surface area contributed by atoms with Crippen molar-refractivity contribution in [3.05, 3.63) is 0 Å². The molecule has 2 atom stereocenters. The first-order valence-electron chi connectivity index (χ1n) is 3.93. The van der Waals surface area contributed by atoms with Crippen LogP contribution in [0.2, 0.25) is 0 Å². The Morgan fingerprint density at radius 3 is 2.64 bits per heavy atom. The Labute approximate surface area is 66.5 Å². The summed E-state index contributed by atoms with van der Waals surface area (Å²) in [5, 5.41) is 0. The summed E-state index contributed by atoms with van der Waals surface area (Å²) in [5.74, 6) is 0.433. The van der Waals surface area contributed by atoms with Crippen LogP contribution in [0.3, 0.4) is 0 Å². The van der Waals surface area contributed by atoms with Crippen LogP contribution in [-0.2, 0) is 0 Å². The summed E-state index contributed by atoms with van der Waals surface area (Å²) in [4.78, 5) is 12.5. The van der Waals surface area contributed by atoms with Crippen molar-refractivity contribution in [3.63, 3.8) is 0 Å². The van der Waals surface area contributed by atoms with Crippen molar-refractivity contribution in [2.24, 2.45) is 17.4 Å². The van der Waals surface area contributed by atoms with Crippen LogP contribution in [-0.4, -0.2) is 30.1 Å². The molecule has 1 aliphatic rings. The number of rotatable bonds is 1. The minimum atomic E-state index is -0.326. The van der Waals surface area contributed by atoms with Crippen LogP contribution in [0.15, 0.2) is 0 Å². The standard InChI is InChI=1S/C7H15N3O/c1-5-6(4-8)2-3-10(5)7(9)11/h5-6H,2-4,8H2,1H3,(H2,9,11). The molecule has 11 heavy (non-hydrogen) atoms. The lowest BCUT2D eigenvalue weighted by Crippen LogP contribution is -2.40. The summed E-state index contributed by atoms with van der Waals surface area (Å²) >= 11 is 0. The van der Waals surface area contributed by atoms with Gasteiger partial charge in [-0.25, -0.2) is 4.79 Å². The van der Waals surface area contributed by atoms with E-state index in [9.17, 15) is 4.79 Å². The summed E-state index contributed by atoms with van der Waals surface area (Å²) in [5.41, 5.74) is 10.7. The average Bonchev–Trinajstić information content (AvgIpc) is 2.30. The van der Waals surface area contributed by atoms with E-state index in [1.165, 1.54) is 0 Å². The van der Waals surface area contributed by atoms with Gasteiger partial charge in [0.05, 0.1) is 0 Å². The minimum absolute atomic E-state index is 0.220. The molecular formula is C7H15N3O. The third-order valence-electron chi connectivity index (χ3n) is 2.50. The van der Waals surface area contributed by atoms with Crippen LogP contribution in [0.25, 0.3) is 0 Å². The maximum atomic E-state index is 10.8. The fourth-order valence-corrected chi connectivity index (χ4v) is 1.63. The van der Waals surface area contributed by atoms with E-state index in [4.69, 9.17) is 11.5 Å². The molecule has 4 N–H and O–H groups in total. The molecule has 1 heterocycles. The van der Waals surface area contributed by atoms with Gasteiger partial charge < -0.3 is 16.4 Å². The lowest BCUT2D eigenvalue weighted by Gasteiger charge is -2.21. The van der Waals surface area contributed by atoms with E-state index < -0.39 is 0 Å². The van der Waals surface area contributed by atoms with Gasteiger partial charge in [-0.2, -0.15) is 0 Å². The lowest BCUT2D eigenvalue weighted by atomic mass is 10.0. The van der Waals surface area contributed by atoms with Crippen molar-refractivity contribution in [2.75, 3.05) is 13.1 Å². The Morgan fingerprint density at radius 1 is 1.73 bits per heavy atom. The fourth-order valence-electron chi connectivity index (χ4n) is 1.63. The molecule has 0 aliphatic carbocycles. The second-order valence-electron chi connectivity index (χ2n) is 3.06. The summed E-state index contributed by atoms with van der Waals surface area (Å²) in [6.07, 6.45) is 0.987. The first kappa shape index (κ1) is 8.33. The van der Waals surface area contributed by atoms with E-state index in [1.807, 2.05) is 6.92 Å². The molecule has 4 heteroatoms. The molecule has 0 aromatic heterocycles. The SMILES string of the molecule is CC1C(CN)CCN1C(N)=O. The third-order valence-corrected chi connectivity index (χ3v) is 2.50. The van der Waals surface area contributed by atoms with Gasteiger partial charge in [0.25, 0.3) is 0 Å². The van der Waals surface area contributed by atoms with Gasteiger partial charge in [-0.3, -0.25) is 0 Å². The molecule has 2 unspecified atom stereocenters. The first-order chi connectivity index (χ1) is 5.16. The number of primary amides is 1. The lowest BCUT2D eigenvalue weighted by molar-refractivity contribution is 0.200. The van der Waals surface area contributed by atoms with Gasteiger partial charge in [-0.05, 0) is 25.8 Å². The van der Waals surface area contributed by atoms with Gasteiger partial charge in [0.1, 0.15) is 0 Å². The molecule has 1 saturated heterocycles. The number of nitrogens with zero attached hydrogens (tertiary/aromatic N) is 1. The zero-order valence-corrected chi connectivity index (χ0v) is 6.79. The van der Waals surface area contributed by atoms with E-state index in [1.54, 1.807) is 4.90 Å². The van der Waals surface area contributed by atoms with Gasteiger partial charge in [0.15, 0.2) is 0 Å². The zero-order valence-electron chi connectivity index (χ0n) is 6.79. The van der Waals surface area contributed by atoms with Crippen LogP contribution in [0, 0.1) is 5.92 Å². The highest BCUT2D eigenvalue weighted by Gasteiger charge is 2.31. The highest BCUT2D eigenvalue weighted by molar-refractivity contribution is 5.72. The molecule has 0 saturated carbocycles. The van der Waals surface area contributed by atoms with E-state index in [2.05, 4.69) is 0 Å². The van der Waals surface area contributed by atoms with Crippen molar-refractivity contribution in [1.82, 2.24) is 4.90 Å². The Kier molecular flexibility index (Phi) is 2.34. The van der Waals surface area contributed by atoms with Crippen molar-refractivity contribution in [3.8, 4) is 0 Å². The Bertz CT molecular complexity index is 160. The molecule has 1 aliphatic heterocycles. The number of carbonyl (C=O) groups is 1. The number of urea groups is 1. The van der Waals surface area contributed by atoms with Crippen molar-refractivity contribution in [1.29, 1.82) is 0 Å². The van der Waals surface area contributed by atoms with Crippen molar-refractivity contribution < 1.29 is 4.79 Å². The van der Waals surface area contributed by atoms with E-state index in [-0.39, 0.29) is 12.1 Å². The normalized spacial score (nSPS) is 30.9. The van der Waals surface area contributed by atoms with Crippen LogP contribution in [0.5, 0.6) is 0 Å². The van der Waals surface area contributed by atoms with Crippen molar-refractivity contribution in [2.45, 2.75) is 19.4 Å². The van der Waals surface area contributed by atoms with Crippen LogP contribution in [0.4, 0.5) is 4.79 Å². The monoisotopic (exact) mass is 157 g/mol. The van der Waals surface area contributed by atoms with Crippen LogP contribution >= 0.6 is 0 Å². The largest absolute Gasteiger partial charge is 0.351 e. The number of nitrogens with two attached hydrogens (primary N) is 2. The number of hydrogen-bond donors (Lipinski definition) is 2. The Morgan fingerprint density at radius 2 is 2.36 bits per heavy atom. The number of amides is 2. The van der Waals surface area contributed by atoms with E-state index in [0.29, 0.717) is 12.5 Å². The quantitative estimate of drug-likeness (QED) is 0.550. The maximum absolute atomic E-state index is 10.8. The highest BCUT2D eigenvalue weighted by atomic mass is 16.2. The Hall–Kier alpha value is -0.770. The van der Waals surface area contributed by atoms with Gasteiger partial charge in [-0.1, -0.05) is 0 Å². The van der Waals surface area contributed by atoms with Gasteiger partial charge in [0.2, 0.25) is 0 Å². The minimum Gasteiger partial charge on any atom is -0.351 e.